The molecule has 0 bridgehead atoms. The summed E-state index contributed by atoms with van der Waals surface area (Å²) < 4.78 is 12.3. The molecule has 0 saturated carbocycles. The van der Waals surface area contributed by atoms with Crippen molar-refractivity contribution < 1.29 is 13.9 Å². The number of anilines is 1. The van der Waals surface area contributed by atoms with Crippen LogP contribution in [0.15, 0.2) is 69.2 Å². The minimum Gasteiger partial charge on any atom is -0.496 e. The molecule has 5 nitrogen and oxygen atoms in total. The summed E-state index contributed by atoms with van der Waals surface area (Å²) in [5, 5.41) is 6.09. The molecular weight excluding hydrogens is 452 g/mol. The van der Waals surface area contributed by atoms with Crippen molar-refractivity contribution in [3.8, 4) is 16.9 Å². The fourth-order valence-corrected chi connectivity index (χ4v) is 3.88. The molecule has 0 spiro atoms. The predicted molar refractivity (Wildman–Crippen MR) is 120 cm³/mol. The van der Waals surface area contributed by atoms with E-state index < -0.39 is 0 Å². The van der Waals surface area contributed by atoms with Gasteiger partial charge in [-0.2, -0.15) is 0 Å². The zero-order chi connectivity index (χ0) is 20.4. The Balaban J connectivity index is 1.74. The fraction of sp³-hybridized carbons (Fsp3) is 0.0909. The van der Waals surface area contributed by atoms with Crippen molar-refractivity contribution in [2.45, 2.75) is 6.92 Å². The molecule has 4 rings (SSSR count). The lowest BCUT2D eigenvalue weighted by molar-refractivity contribution is -0.111. The first kappa shape index (κ1) is 19.4. The number of hydrogen-bond acceptors (Lipinski definition) is 5. The lowest BCUT2D eigenvalue weighted by Gasteiger charge is -2.10. The molecule has 1 N–H and O–H groups in total. The second-order valence-electron chi connectivity index (χ2n) is 6.36. The highest BCUT2D eigenvalue weighted by Crippen LogP contribution is 2.37. The number of methoxy groups -OCH3 is 1. The van der Waals surface area contributed by atoms with Gasteiger partial charge in [-0.25, -0.2) is 4.98 Å². The van der Waals surface area contributed by atoms with Crippen LogP contribution in [-0.4, -0.2) is 18.0 Å². The molecular formula is C22H17BrN2O3S. The number of ether oxygens (including phenoxy) is 1. The number of allylic oxidation sites excluding steroid dienone is 1. The maximum atomic E-state index is 12.3. The molecule has 1 amide bonds. The van der Waals surface area contributed by atoms with Crippen LogP contribution in [0, 0.1) is 0 Å². The molecule has 0 unspecified atom stereocenters. The van der Waals surface area contributed by atoms with Crippen LogP contribution in [0.4, 0.5) is 5.13 Å². The SMILES string of the molecule is COc1cc2occ(-c3ccc(Br)cc3)c2cc1/C(C)=C/C(=O)Nc1nccs1. The molecule has 29 heavy (non-hydrogen) atoms. The molecule has 0 atom stereocenters. The number of rotatable bonds is 5. The summed E-state index contributed by atoms with van der Waals surface area (Å²) in [7, 11) is 1.60. The molecule has 0 aliphatic carbocycles. The average Bonchev–Trinajstić information content (AvgIpc) is 3.36. The number of hydrogen-bond donors (Lipinski definition) is 1. The Bertz CT molecular complexity index is 1200. The number of fused-ring (bicyclic) bond motifs is 1. The number of carbonyl (C=O) groups excluding carboxylic acids is 1. The summed E-state index contributed by atoms with van der Waals surface area (Å²) in [6.07, 6.45) is 4.94. The number of thiazole rings is 1. The Hall–Kier alpha value is -2.90. The number of carbonyl (C=O) groups is 1. The highest BCUT2D eigenvalue weighted by Gasteiger charge is 2.15. The first-order chi connectivity index (χ1) is 14.0. The van der Waals surface area contributed by atoms with Crippen molar-refractivity contribution >= 4 is 54.8 Å². The maximum Gasteiger partial charge on any atom is 0.250 e. The van der Waals surface area contributed by atoms with Gasteiger partial charge in [0.1, 0.15) is 11.3 Å². The van der Waals surface area contributed by atoms with Crippen LogP contribution in [0.1, 0.15) is 12.5 Å². The van der Waals surface area contributed by atoms with Gasteiger partial charge in [0.15, 0.2) is 5.13 Å². The van der Waals surface area contributed by atoms with E-state index in [2.05, 4.69) is 26.2 Å². The van der Waals surface area contributed by atoms with Gasteiger partial charge in [0.05, 0.1) is 13.4 Å². The summed E-state index contributed by atoms with van der Waals surface area (Å²) >= 11 is 4.84. The van der Waals surface area contributed by atoms with Crippen molar-refractivity contribution in [3.05, 3.63) is 70.4 Å². The topological polar surface area (TPSA) is 64.4 Å². The molecule has 4 aromatic rings. The van der Waals surface area contributed by atoms with Gasteiger partial charge in [0.2, 0.25) is 5.91 Å². The summed E-state index contributed by atoms with van der Waals surface area (Å²) in [5.74, 6) is 0.407. The minimum atomic E-state index is -0.236. The molecule has 146 valence electrons. The van der Waals surface area contributed by atoms with Crippen molar-refractivity contribution in [1.82, 2.24) is 4.98 Å². The average molecular weight is 469 g/mol. The van der Waals surface area contributed by atoms with Crippen LogP contribution in [0.3, 0.4) is 0 Å². The molecule has 0 radical (unpaired) electrons. The summed E-state index contributed by atoms with van der Waals surface area (Å²) in [6, 6.07) is 11.9. The fourth-order valence-electron chi connectivity index (χ4n) is 3.09. The van der Waals surface area contributed by atoms with E-state index in [0.717, 1.165) is 37.7 Å². The predicted octanol–water partition coefficient (Wildman–Crippen LogP) is 6.37. The number of aromatic nitrogens is 1. The Morgan fingerprint density at radius 3 is 2.76 bits per heavy atom. The van der Waals surface area contributed by atoms with Gasteiger partial charge in [-0.1, -0.05) is 28.1 Å². The third-order valence-electron chi connectivity index (χ3n) is 4.49. The minimum absolute atomic E-state index is 0.236. The molecule has 7 heteroatoms. The van der Waals surface area contributed by atoms with Crippen molar-refractivity contribution in [2.24, 2.45) is 0 Å². The van der Waals surface area contributed by atoms with E-state index in [-0.39, 0.29) is 5.91 Å². The number of halogens is 1. The van der Waals surface area contributed by atoms with Crippen LogP contribution in [-0.2, 0) is 4.79 Å². The summed E-state index contributed by atoms with van der Waals surface area (Å²) in [5.41, 5.74) is 4.36. The van der Waals surface area contributed by atoms with Crippen molar-refractivity contribution in [1.29, 1.82) is 0 Å². The van der Waals surface area contributed by atoms with Gasteiger partial charge in [-0.3, -0.25) is 10.1 Å². The summed E-state index contributed by atoms with van der Waals surface area (Å²) in [4.78, 5) is 16.4. The second kappa shape index (κ2) is 8.23. The van der Waals surface area contributed by atoms with E-state index in [9.17, 15) is 4.79 Å². The molecule has 0 aliphatic rings. The molecule has 0 fully saturated rings. The zero-order valence-corrected chi connectivity index (χ0v) is 18.1. The number of nitrogens with one attached hydrogen (secondary N) is 1. The first-order valence-electron chi connectivity index (χ1n) is 8.79. The van der Waals surface area contributed by atoms with E-state index in [1.807, 2.05) is 48.7 Å². The zero-order valence-electron chi connectivity index (χ0n) is 15.7. The molecule has 2 aromatic carbocycles. The second-order valence-corrected chi connectivity index (χ2v) is 8.17. The molecule has 0 saturated heterocycles. The van der Waals surface area contributed by atoms with Gasteiger partial charge >= 0.3 is 0 Å². The quantitative estimate of drug-likeness (QED) is 0.345. The Kier molecular flexibility index (Phi) is 5.51. The van der Waals surface area contributed by atoms with Crippen molar-refractivity contribution in [3.63, 3.8) is 0 Å². The standard InChI is InChI=1S/C22H17BrN2O3S/c1-13(9-21(26)25-22-24-7-8-29-22)16-10-17-18(14-3-5-15(23)6-4-14)12-28-20(17)11-19(16)27-2/h3-12H,1-2H3,(H,24,25,26)/b13-9+. The van der Waals surface area contributed by atoms with E-state index in [1.165, 1.54) is 11.3 Å². The number of benzene rings is 2. The molecule has 2 heterocycles. The van der Waals surface area contributed by atoms with Crippen LogP contribution in [0.25, 0.3) is 27.7 Å². The lowest BCUT2D eigenvalue weighted by atomic mass is 9.99. The molecule has 2 aromatic heterocycles. The smallest absolute Gasteiger partial charge is 0.250 e. The third-order valence-corrected chi connectivity index (χ3v) is 5.70. The largest absolute Gasteiger partial charge is 0.496 e. The van der Waals surface area contributed by atoms with Crippen LogP contribution in [0.2, 0.25) is 0 Å². The highest BCUT2D eigenvalue weighted by atomic mass is 79.9. The summed E-state index contributed by atoms with van der Waals surface area (Å²) in [6.45, 7) is 1.88. The van der Waals surface area contributed by atoms with Crippen LogP contribution in [0.5, 0.6) is 5.75 Å². The van der Waals surface area contributed by atoms with E-state index >= 15 is 0 Å². The van der Waals surface area contributed by atoms with Gasteiger partial charge in [0.25, 0.3) is 0 Å². The van der Waals surface area contributed by atoms with Crippen LogP contribution < -0.4 is 10.1 Å². The van der Waals surface area contributed by atoms with E-state index in [1.54, 1.807) is 25.6 Å². The highest BCUT2D eigenvalue weighted by molar-refractivity contribution is 9.10. The van der Waals surface area contributed by atoms with Gasteiger partial charge in [0, 0.05) is 44.7 Å². The Labute approximate surface area is 180 Å². The maximum absolute atomic E-state index is 12.3. The number of furan rings is 1. The van der Waals surface area contributed by atoms with Gasteiger partial charge < -0.3 is 9.15 Å². The number of nitrogens with zero attached hydrogens (tertiary/aromatic N) is 1. The monoisotopic (exact) mass is 468 g/mol. The van der Waals surface area contributed by atoms with Crippen molar-refractivity contribution in [2.75, 3.05) is 12.4 Å². The van der Waals surface area contributed by atoms with Gasteiger partial charge in [-0.15, -0.1) is 11.3 Å². The number of amides is 1. The first-order valence-corrected chi connectivity index (χ1v) is 10.5. The Morgan fingerprint density at radius 2 is 2.07 bits per heavy atom. The van der Waals surface area contributed by atoms with E-state index in [0.29, 0.717) is 10.9 Å². The normalized spacial score (nSPS) is 11.6. The van der Waals surface area contributed by atoms with Gasteiger partial charge in [-0.05, 0) is 36.3 Å². The van der Waals surface area contributed by atoms with E-state index in [4.69, 9.17) is 9.15 Å². The molecule has 0 aliphatic heterocycles. The Morgan fingerprint density at radius 1 is 1.28 bits per heavy atom. The third kappa shape index (κ3) is 4.11. The van der Waals surface area contributed by atoms with Crippen LogP contribution >= 0.6 is 27.3 Å². The lowest BCUT2D eigenvalue weighted by Crippen LogP contribution is -2.08.